The maximum absolute atomic E-state index is 12.5. The number of unbranched alkanes of at least 4 members (excludes halogenated alkanes) is 4. The molecule has 1 saturated heterocycles. The number of alkyl halides is 1. The summed E-state index contributed by atoms with van der Waals surface area (Å²) >= 11 is 2.01. The van der Waals surface area contributed by atoms with Gasteiger partial charge in [0.05, 0.1) is 17.4 Å². The number of imidazole rings is 1. The summed E-state index contributed by atoms with van der Waals surface area (Å²) < 4.78 is 53.7. The van der Waals surface area contributed by atoms with Gasteiger partial charge in [0, 0.05) is 40.2 Å². The fraction of sp³-hybridized carbons (Fsp3) is 0.720. The number of nitrogens with one attached hydrogen (secondary N) is 1. The number of nitrogens with zero attached hydrogens (tertiary/aromatic N) is 6. The molecule has 6 unspecified atom stereocenters. The molecule has 26 heteroatoms. The van der Waals surface area contributed by atoms with E-state index in [4.69, 9.17) is 14.5 Å². The van der Waals surface area contributed by atoms with Crippen molar-refractivity contribution >= 4 is 74.9 Å². The first-order valence-electron chi connectivity index (χ1n) is 15.6. The molecule has 0 aromatic carbocycles. The molecule has 51 heavy (non-hydrogen) atoms. The van der Waals surface area contributed by atoms with Gasteiger partial charge in [-0.3, -0.25) is 18.7 Å². The van der Waals surface area contributed by atoms with Gasteiger partial charge in [0.2, 0.25) is 11.8 Å². The highest BCUT2D eigenvalue weighted by atomic mass is 127. The summed E-state index contributed by atoms with van der Waals surface area (Å²) in [5.41, 5.74) is 0.550. The van der Waals surface area contributed by atoms with Crippen molar-refractivity contribution in [2.45, 2.75) is 69.5 Å². The number of aliphatic hydroxyl groups excluding tert-OH is 2. The van der Waals surface area contributed by atoms with Gasteiger partial charge in [-0.15, -0.1) is 0 Å². The van der Waals surface area contributed by atoms with E-state index in [1.807, 2.05) is 27.5 Å². The van der Waals surface area contributed by atoms with Crippen LogP contribution in [-0.2, 0) is 41.2 Å². The van der Waals surface area contributed by atoms with Crippen molar-refractivity contribution in [1.29, 1.82) is 0 Å². The Bertz CT molecular complexity index is 1620. The first-order chi connectivity index (χ1) is 23.8. The van der Waals surface area contributed by atoms with Crippen molar-refractivity contribution in [3.8, 4) is 0 Å². The number of fused-ring (bicyclic) bond motifs is 1. The summed E-state index contributed by atoms with van der Waals surface area (Å²) in [4.78, 5) is 76.5. The van der Waals surface area contributed by atoms with Crippen LogP contribution in [0.3, 0.4) is 0 Å². The quantitative estimate of drug-likeness (QED) is 0.0375. The Balaban J connectivity index is 1.49. The van der Waals surface area contributed by atoms with Gasteiger partial charge in [-0.2, -0.15) is 8.62 Å². The molecule has 0 radical (unpaired) electrons. The lowest BCUT2D eigenvalue weighted by Crippen LogP contribution is -2.33. The maximum atomic E-state index is 12.5. The molecule has 2 aromatic heterocycles. The number of amides is 2. The number of carbonyl (C=O) groups is 2. The van der Waals surface area contributed by atoms with Crippen LogP contribution in [-0.4, -0.2) is 129 Å². The minimum Gasteiger partial charge on any atom is -0.387 e. The van der Waals surface area contributed by atoms with Gasteiger partial charge >= 0.3 is 23.5 Å². The summed E-state index contributed by atoms with van der Waals surface area (Å²) in [5, 5.41) is 24.0. The van der Waals surface area contributed by atoms with Gasteiger partial charge in [-0.05, 0) is 25.7 Å². The van der Waals surface area contributed by atoms with Gasteiger partial charge in [-0.1, -0.05) is 35.4 Å². The average Bonchev–Trinajstić information content (AvgIpc) is 3.59. The number of carbonyl (C=O) groups excluding carboxylic acids is 2. The van der Waals surface area contributed by atoms with E-state index in [-0.39, 0.29) is 17.5 Å². The monoisotopic (exact) mass is 901 g/mol. The van der Waals surface area contributed by atoms with Gasteiger partial charge in [0.25, 0.3) is 0 Å². The third kappa shape index (κ3) is 13.9. The number of rotatable bonds is 22. The second-order valence-electron chi connectivity index (χ2n) is 11.5. The fourth-order valence-corrected chi connectivity index (χ4v) is 8.32. The van der Waals surface area contributed by atoms with Crippen LogP contribution < -0.4 is 10.2 Å². The normalized spacial score (nSPS) is 21.7. The second-order valence-corrected chi connectivity index (χ2v) is 16.7. The van der Waals surface area contributed by atoms with Gasteiger partial charge in [0.1, 0.15) is 24.6 Å². The van der Waals surface area contributed by atoms with E-state index in [0.29, 0.717) is 41.8 Å². The maximum Gasteiger partial charge on any atom is 0.490 e. The summed E-state index contributed by atoms with van der Waals surface area (Å²) in [6.07, 6.45) is 1.82. The van der Waals surface area contributed by atoms with Crippen LogP contribution in [0, 0.1) is 0 Å². The molecule has 0 saturated carbocycles. The Kier molecular flexibility index (Phi) is 16.8. The zero-order chi connectivity index (χ0) is 38.0. The lowest BCUT2D eigenvalue weighted by molar-refractivity contribution is -0.130. The zero-order valence-corrected chi connectivity index (χ0v) is 32.6. The van der Waals surface area contributed by atoms with Crippen LogP contribution in [0.5, 0.6) is 0 Å². The smallest absolute Gasteiger partial charge is 0.387 e. The highest BCUT2D eigenvalue weighted by Crippen LogP contribution is 2.66. The SMILES string of the molecule is CN(CCCCN(C)c1ncnc2c1ncn2C1OC(COP(=O)(O)OP(=O)(O)OP(=O)(O)O)C(O)C1O)C(=O)CCCCCCNC(=O)CI. The van der Waals surface area contributed by atoms with E-state index in [9.17, 15) is 43.3 Å². The van der Waals surface area contributed by atoms with Crippen molar-refractivity contribution in [3.05, 3.63) is 12.7 Å². The minimum absolute atomic E-state index is 0.0245. The largest absolute Gasteiger partial charge is 0.490 e. The molecule has 6 atom stereocenters. The molecule has 0 aliphatic carbocycles. The zero-order valence-electron chi connectivity index (χ0n) is 27.7. The third-order valence-electron chi connectivity index (χ3n) is 7.55. The molecule has 2 amide bonds. The Morgan fingerprint density at radius 2 is 1.63 bits per heavy atom. The predicted octanol–water partition coefficient (Wildman–Crippen LogP) is 0.965. The molecular formula is C25H43IN7O15P3. The average molecular weight is 901 g/mol. The van der Waals surface area contributed by atoms with Gasteiger partial charge in [0.15, 0.2) is 23.2 Å². The number of aliphatic hydroxyl groups is 2. The minimum atomic E-state index is -5.75. The number of ether oxygens (including phenoxy) is 1. The molecule has 0 bridgehead atoms. The number of aromatic nitrogens is 4. The van der Waals surface area contributed by atoms with Crippen LogP contribution in [0.2, 0.25) is 0 Å². The van der Waals surface area contributed by atoms with E-state index in [1.54, 1.807) is 19.0 Å². The molecule has 3 rings (SSSR count). The van der Waals surface area contributed by atoms with Crippen molar-refractivity contribution in [2.75, 3.05) is 49.7 Å². The van der Waals surface area contributed by atoms with E-state index in [2.05, 4.69) is 33.4 Å². The van der Waals surface area contributed by atoms with Crippen LogP contribution in [0.25, 0.3) is 11.2 Å². The molecule has 1 fully saturated rings. The fourth-order valence-electron chi connectivity index (χ4n) is 5.02. The number of hydrogen-bond donors (Lipinski definition) is 7. The number of anilines is 1. The van der Waals surface area contributed by atoms with Crippen LogP contribution in [0.15, 0.2) is 12.7 Å². The summed E-state index contributed by atoms with van der Waals surface area (Å²) in [6.45, 7) is 0.799. The standard InChI is InChI=1S/C25H43IN7O15P3/c1-31(19(35)9-5-3-4-6-10-27-18(34)13-26)11-7-8-12-32(2)23-20-24(29-15-28-23)33(16-30-20)25-22(37)21(36)17(46-25)14-45-50(41,42)48-51(43,44)47-49(38,39)40/h15-17,21-22,25,36-37H,3-14H2,1-2H3,(H,27,34)(H,41,42)(H,43,44)(H2,38,39,40). The number of phosphoric acid groups is 3. The molecule has 1 aliphatic heterocycles. The molecule has 3 heterocycles. The van der Waals surface area contributed by atoms with Crippen molar-refractivity contribution in [1.82, 2.24) is 29.7 Å². The van der Waals surface area contributed by atoms with Crippen LogP contribution in [0.4, 0.5) is 5.82 Å². The van der Waals surface area contributed by atoms with E-state index >= 15 is 0 Å². The van der Waals surface area contributed by atoms with Gasteiger partial charge in [-0.25, -0.2) is 28.6 Å². The molecule has 290 valence electrons. The lowest BCUT2D eigenvalue weighted by Gasteiger charge is -2.21. The first kappa shape index (κ1) is 43.7. The molecular weight excluding hydrogens is 858 g/mol. The summed E-state index contributed by atoms with van der Waals surface area (Å²) in [5.74, 6) is 0.549. The van der Waals surface area contributed by atoms with Crippen LogP contribution >= 0.6 is 46.1 Å². The van der Waals surface area contributed by atoms with Gasteiger partial charge < -0.3 is 49.6 Å². The Labute approximate surface area is 306 Å². The van der Waals surface area contributed by atoms with E-state index in [1.165, 1.54) is 17.2 Å². The topological polar surface area (TPSA) is 306 Å². The molecule has 22 nitrogen and oxygen atoms in total. The van der Waals surface area contributed by atoms with Crippen molar-refractivity contribution in [3.63, 3.8) is 0 Å². The lowest BCUT2D eigenvalue weighted by atomic mass is 10.1. The van der Waals surface area contributed by atoms with E-state index < -0.39 is 54.6 Å². The van der Waals surface area contributed by atoms with Crippen molar-refractivity contribution < 1.29 is 71.0 Å². The van der Waals surface area contributed by atoms with E-state index in [0.717, 1.165) is 38.5 Å². The highest BCUT2D eigenvalue weighted by molar-refractivity contribution is 14.1. The molecule has 7 N–H and O–H groups in total. The first-order valence-corrected chi connectivity index (χ1v) is 21.6. The second kappa shape index (κ2) is 19.6. The third-order valence-corrected chi connectivity index (χ3v) is 12.0. The molecule has 2 aromatic rings. The number of phosphoric ester groups is 1. The Hall–Kier alpha value is -1.69. The predicted molar refractivity (Wildman–Crippen MR) is 186 cm³/mol. The Morgan fingerprint density at radius 3 is 2.31 bits per heavy atom. The molecule has 0 spiro atoms. The van der Waals surface area contributed by atoms with Crippen LogP contribution in [0.1, 0.15) is 51.2 Å². The highest BCUT2D eigenvalue weighted by Gasteiger charge is 2.47. The summed E-state index contributed by atoms with van der Waals surface area (Å²) in [6, 6.07) is 0. The number of hydrogen-bond acceptors (Lipinski definition) is 15. The molecule has 1 aliphatic rings. The summed E-state index contributed by atoms with van der Waals surface area (Å²) in [7, 11) is -13.3. The van der Waals surface area contributed by atoms with Crippen molar-refractivity contribution in [2.24, 2.45) is 0 Å². The Morgan fingerprint density at radius 1 is 0.941 bits per heavy atom. The number of halogens is 1.